The summed E-state index contributed by atoms with van der Waals surface area (Å²) in [5.41, 5.74) is 0.256. The fourth-order valence-corrected chi connectivity index (χ4v) is 4.40. The van der Waals surface area contributed by atoms with E-state index in [9.17, 15) is 14.0 Å². The van der Waals surface area contributed by atoms with Gasteiger partial charge < -0.3 is 15.2 Å². The number of hydrogen-bond acceptors (Lipinski definition) is 6. The molecule has 5 rings (SSSR count). The Hall–Kier alpha value is -3.01. The highest BCUT2D eigenvalue weighted by atomic mass is 35.5. The van der Waals surface area contributed by atoms with Crippen molar-refractivity contribution in [2.75, 3.05) is 36.4 Å². The van der Waals surface area contributed by atoms with E-state index in [1.165, 1.54) is 37.2 Å². The van der Waals surface area contributed by atoms with E-state index in [1.54, 1.807) is 12.4 Å². The van der Waals surface area contributed by atoms with Crippen LogP contribution in [0.3, 0.4) is 0 Å². The van der Waals surface area contributed by atoms with Crippen LogP contribution in [0.5, 0.6) is 0 Å². The van der Waals surface area contributed by atoms with Crippen LogP contribution in [0, 0.1) is 5.82 Å². The molecule has 0 unspecified atom stereocenters. The number of benzene rings is 1. The molecule has 34 heavy (non-hydrogen) atoms. The topological polar surface area (TPSA) is 94.2 Å². The largest absolute Gasteiger partial charge is 0.356 e. The van der Waals surface area contributed by atoms with Crippen molar-refractivity contribution in [3.8, 4) is 0 Å². The van der Waals surface area contributed by atoms with Crippen LogP contribution < -0.4 is 10.2 Å². The van der Waals surface area contributed by atoms with Crippen molar-refractivity contribution in [2.45, 2.75) is 18.9 Å². The summed E-state index contributed by atoms with van der Waals surface area (Å²) in [6, 6.07) is 4.69. The predicted molar refractivity (Wildman–Crippen MR) is 127 cm³/mol. The second-order valence-electron chi connectivity index (χ2n) is 8.33. The van der Waals surface area contributed by atoms with Gasteiger partial charge in [0.15, 0.2) is 11.6 Å². The molecule has 11 heteroatoms. The van der Waals surface area contributed by atoms with Gasteiger partial charge in [0.1, 0.15) is 5.69 Å². The van der Waals surface area contributed by atoms with E-state index in [0.29, 0.717) is 11.6 Å². The number of nitrogens with zero attached hydrogens (tertiary/aromatic N) is 4. The van der Waals surface area contributed by atoms with Crippen molar-refractivity contribution in [1.82, 2.24) is 19.9 Å². The maximum absolute atomic E-state index is 14.3. The number of aromatic amines is 1. The van der Waals surface area contributed by atoms with E-state index in [-0.39, 0.29) is 26.9 Å². The third-order valence-electron chi connectivity index (χ3n) is 6.02. The predicted octanol–water partition coefficient (Wildman–Crippen LogP) is 4.02. The number of rotatable bonds is 6. The summed E-state index contributed by atoms with van der Waals surface area (Å²) < 4.78 is 14.3. The van der Waals surface area contributed by atoms with Crippen LogP contribution >= 0.6 is 23.2 Å². The van der Waals surface area contributed by atoms with E-state index in [4.69, 9.17) is 23.2 Å². The Morgan fingerprint density at radius 3 is 2.41 bits per heavy atom. The molecule has 2 fully saturated rings. The Bertz CT molecular complexity index is 1240. The molecule has 1 aliphatic carbocycles. The number of aromatic nitrogens is 3. The van der Waals surface area contributed by atoms with Crippen LogP contribution in [0.2, 0.25) is 10.0 Å². The third kappa shape index (κ3) is 4.64. The molecule has 1 aliphatic heterocycles. The summed E-state index contributed by atoms with van der Waals surface area (Å²) in [7, 11) is 0. The van der Waals surface area contributed by atoms with Crippen molar-refractivity contribution in [3.05, 3.63) is 69.5 Å². The van der Waals surface area contributed by atoms with Gasteiger partial charge in [-0.25, -0.2) is 14.4 Å². The molecule has 176 valence electrons. The molecular weight excluding hydrogens is 482 g/mol. The van der Waals surface area contributed by atoms with Gasteiger partial charge in [-0.1, -0.05) is 23.2 Å². The molecular formula is C23H21Cl2FN6O2. The SMILES string of the molecule is O=C(Nc1cnc(N2CCN(C3CC3)CC2)nc1)c1cc(C(=O)c2c(Cl)ccc(Cl)c2F)c[nH]1. The lowest BCUT2D eigenvalue weighted by Gasteiger charge is -2.34. The molecule has 8 nitrogen and oxygen atoms in total. The first kappa shape index (κ1) is 22.8. The molecule has 1 saturated heterocycles. The second kappa shape index (κ2) is 9.32. The maximum Gasteiger partial charge on any atom is 0.272 e. The van der Waals surface area contributed by atoms with E-state index < -0.39 is 17.5 Å². The van der Waals surface area contributed by atoms with Gasteiger partial charge >= 0.3 is 0 Å². The van der Waals surface area contributed by atoms with Crippen molar-refractivity contribution in [2.24, 2.45) is 0 Å². The summed E-state index contributed by atoms with van der Waals surface area (Å²) in [4.78, 5) is 41.5. The summed E-state index contributed by atoms with van der Waals surface area (Å²) in [6.07, 6.45) is 7.00. The van der Waals surface area contributed by atoms with Crippen LogP contribution in [-0.4, -0.2) is 63.8 Å². The molecule has 2 N–H and O–H groups in total. The van der Waals surface area contributed by atoms with E-state index >= 15 is 0 Å². The lowest BCUT2D eigenvalue weighted by atomic mass is 10.0. The molecule has 3 aromatic rings. The first-order valence-corrected chi connectivity index (χ1v) is 11.7. The highest BCUT2D eigenvalue weighted by Crippen LogP contribution is 2.29. The summed E-state index contributed by atoms with van der Waals surface area (Å²) >= 11 is 11.8. The molecule has 0 spiro atoms. The van der Waals surface area contributed by atoms with Crippen LogP contribution in [-0.2, 0) is 0 Å². The maximum atomic E-state index is 14.3. The summed E-state index contributed by atoms with van der Waals surface area (Å²) in [6.45, 7) is 3.76. The van der Waals surface area contributed by atoms with Gasteiger partial charge in [0.2, 0.25) is 5.95 Å². The van der Waals surface area contributed by atoms with Gasteiger partial charge in [-0.05, 0) is 31.0 Å². The zero-order valence-electron chi connectivity index (χ0n) is 18.0. The molecule has 0 atom stereocenters. The Labute approximate surface area is 205 Å². The second-order valence-corrected chi connectivity index (χ2v) is 9.14. The molecule has 3 heterocycles. The number of carbonyl (C=O) groups excluding carboxylic acids is 2. The number of anilines is 2. The Kier molecular flexibility index (Phi) is 6.24. The number of amides is 1. The van der Waals surface area contributed by atoms with Crippen molar-refractivity contribution < 1.29 is 14.0 Å². The van der Waals surface area contributed by atoms with Crippen LogP contribution in [0.25, 0.3) is 0 Å². The Morgan fingerprint density at radius 1 is 1.06 bits per heavy atom. The number of hydrogen-bond donors (Lipinski definition) is 2. The average molecular weight is 503 g/mol. The first-order chi connectivity index (χ1) is 16.4. The number of carbonyl (C=O) groups is 2. The summed E-state index contributed by atoms with van der Waals surface area (Å²) in [5, 5.41) is 2.41. The highest BCUT2D eigenvalue weighted by Gasteiger charge is 2.31. The summed E-state index contributed by atoms with van der Waals surface area (Å²) in [5.74, 6) is -1.46. The Morgan fingerprint density at radius 2 is 1.74 bits per heavy atom. The van der Waals surface area contributed by atoms with E-state index in [2.05, 4.69) is 30.1 Å². The fourth-order valence-electron chi connectivity index (χ4n) is 4.01. The minimum Gasteiger partial charge on any atom is -0.356 e. The lowest BCUT2D eigenvalue weighted by Crippen LogP contribution is -2.47. The first-order valence-electron chi connectivity index (χ1n) is 10.9. The molecule has 1 saturated carbocycles. The minimum absolute atomic E-state index is 0.0645. The number of halogens is 3. The van der Waals surface area contributed by atoms with E-state index in [1.807, 2.05) is 0 Å². The van der Waals surface area contributed by atoms with Crippen molar-refractivity contribution >= 4 is 46.5 Å². The number of piperazine rings is 1. The minimum atomic E-state index is -0.905. The van der Waals surface area contributed by atoms with E-state index in [0.717, 1.165) is 32.2 Å². The normalized spacial score (nSPS) is 16.5. The quantitative estimate of drug-likeness (QED) is 0.390. The highest BCUT2D eigenvalue weighted by molar-refractivity contribution is 6.37. The standard InChI is InChI=1S/C23H21Cl2FN6O2/c24-16-3-4-17(25)20(26)19(16)21(33)13-9-18(27-10-13)22(34)30-14-11-28-23(29-12-14)32-7-5-31(6-8-32)15-1-2-15/h3-4,9-12,15,27H,1-2,5-8H2,(H,30,34). The van der Waals surface area contributed by atoms with Crippen LogP contribution in [0.15, 0.2) is 36.8 Å². The smallest absolute Gasteiger partial charge is 0.272 e. The zero-order chi connectivity index (χ0) is 23.8. The molecule has 1 amide bonds. The molecule has 1 aromatic carbocycles. The van der Waals surface area contributed by atoms with Gasteiger partial charge in [0.05, 0.1) is 33.7 Å². The van der Waals surface area contributed by atoms with Crippen LogP contribution in [0.4, 0.5) is 16.0 Å². The van der Waals surface area contributed by atoms with Gasteiger partial charge in [-0.2, -0.15) is 0 Å². The fraction of sp³-hybridized carbons (Fsp3) is 0.304. The van der Waals surface area contributed by atoms with Gasteiger partial charge in [-0.3, -0.25) is 14.5 Å². The monoisotopic (exact) mass is 502 g/mol. The lowest BCUT2D eigenvalue weighted by molar-refractivity contribution is 0.102. The molecule has 0 bridgehead atoms. The number of nitrogens with one attached hydrogen (secondary N) is 2. The number of H-pyrrole nitrogens is 1. The molecule has 0 radical (unpaired) electrons. The third-order valence-corrected chi connectivity index (χ3v) is 6.62. The zero-order valence-corrected chi connectivity index (χ0v) is 19.5. The average Bonchev–Trinajstić information content (AvgIpc) is 3.58. The molecule has 2 aromatic heterocycles. The van der Waals surface area contributed by atoms with Crippen molar-refractivity contribution in [3.63, 3.8) is 0 Å². The van der Waals surface area contributed by atoms with Gasteiger partial charge in [0.25, 0.3) is 5.91 Å². The molecule has 2 aliphatic rings. The van der Waals surface area contributed by atoms with Gasteiger partial charge in [0, 0.05) is 44.0 Å². The van der Waals surface area contributed by atoms with Crippen molar-refractivity contribution in [1.29, 1.82) is 0 Å². The number of ketones is 1. The van der Waals surface area contributed by atoms with Crippen LogP contribution in [0.1, 0.15) is 39.3 Å². The Balaban J connectivity index is 1.22. The van der Waals surface area contributed by atoms with Gasteiger partial charge in [-0.15, -0.1) is 0 Å².